The number of hydrogen-bond donors (Lipinski definition) is 0. The molecule has 0 heterocycles. The predicted octanol–water partition coefficient (Wildman–Crippen LogP) is 4.84. The number of ether oxygens (including phenoxy) is 2. The SMILES string of the molecule is C=CC(=O)Oc1ccc(/C=C/C(=O)c2cccc(OC(=O)C=C)c2C)cc1.C=CC(C)=O. The smallest absolute Gasteiger partial charge is 0.335 e. The van der Waals surface area contributed by atoms with Crippen LogP contribution in [0.3, 0.4) is 0 Å². The van der Waals surface area contributed by atoms with E-state index in [4.69, 9.17) is 9.47 Å². The normalized spacial score (nSPS) is 9.69. The molecule has 2 rings (SSSR count). The minimum atomic E-state index is -0.588. The monoisotopic (exact) mass is 432 g/mol. The molecule has 0 saturated carbocycles. The molecule has 0 aliphatic carbocycles. The highest BCUT2D eigenvalue weighted by Gasteiger charge is 2.12. The van der Waals surface area contributed by atoms with Crippen molar-refractivity contribution < 1.29 is 28.7 Å². The summed E-state index contributed by atoms with van der Waals surface area (Å²) in [6, 6.07) is 11.6. The molecule has 0 saturated heterocycles. The van der Waals surface area contributed by atoms with Crippen molar-refractivity contribution in [3.8, 4) is 11.5 Å². The quantitative estimate of drug-likeness (QED) is 0.257. The van der Waals surface area contributed by atoms with Gasteiger partial charge in [0.25, 0.3) is 0 Å². The molecule has 0 aliphatic rings. The minimum absolute atomic E-state index is 0.0185. The van der Waals surface area contributed by atoms with Crippen molar-refractivity contribution in [2.75, 3.05) is 0 Å². The second kappa shape index (κ2) is 13.1. The van der Waals surface area contributed by atoms with Crippen molar-refractivity contribution >= 4 is 29.6 Å². The van der Waals surface area contributed by atoms with Crippen LogP contribution < -0.4 is 9.47 Å². The zero-order valence-electron chi connectivity index (χ0n) is 18.0. The Morgan fingerprint density at radius 2 is 1.38 bits per heavy atom. The fourth-order valence-electron chi connectivity index (χ4n) is 2.21. The lowest BCUT2D eigenvalue weighted by molar-refractivity contribution is -0.129. The maximum absolute atomic E-state index is 12.5. The molecule has 0 amide bonds. The van der Waals surface area contributed by atoms with E-state index < -0.39 is 11.9 Å². The van der Waals surface area contributed by atoms with Crippen molar-refractivity contribution in [2.24, 2.45) is 0 Å². The molecule has 0 bridgehead atoms. The van der Waals surface area contributed by atoms with Crippen molar-refractivity contribution in [2.45, 2.75) is 13.8 Å². The molecular formula is C26H24O6. The number of allylic oxidation sites excluding steroid dienone is 2. The first-order valence-electron chi connectivity index (χ1n) is 9.45. The summed E-state index contributed by atoms with van der Waals surface area (Å²) in [5.74, 6) is -0.642. The Bertz CT molecular complexity index is 1060. The van der Waals surface area contributed by atoms with E-state index in [0.717, 1.165) is 17.7 Å². The molecule has 0 fully saturated rings. The second-order valence-corrected chi connectivity index (χ2v) is 6.26. The van der Waals surface area contributed by atoms with E-state index in [2.05, 4.69) is 19.7 Å². The minimum Gasteiger partial charge on any atom is -0.423 e. The average Bonchev–Trinajstić information content (AvgIpc) is 2.79. The van der Waals surface area contributed by atoms with Gasteiger partial charge in [-0.1, -0.05) is 50.1 Å². The van der Waals surface area contributed by atoms with Crippen LogP contribution in [0.1, 0.15) is 28.4 Å². The molecule has 0 atom stereocenters. The van der Waals surface area contributed by atoms with Gasteiger partial charge < -0.3 is 9.47 Å². The number of esters is 2. The van der Waals surface area contributed by atoms with Crippen LogP contribution in [0.25, 0.3) is 6.08 Å². The summed E-state index contributed by atoms with van der Waals surface area (Å²) in [5.41, 5.74) is 1.75. The van der Waals surface area contributed by atoms with Crippen LogP contribution in [0.4, 0.5) is 0 Å². The molecule has 32 heavy (non-hydrogen) atoms. The van der Waals surface area contributed by atoms with E-state index >= 15 is 0 Å². The number of ketones is 2. The third kappa shape index (κ3) is 8.59. The van der Waals surface area contributed by atoms with Gasteiger partial charge in [-0.3, -0.25) is 9.59 Å². The summed E-state index contributed by atoms with van der Waals surface area (Å²) in [4.78, 5) is 44.7. The van der Waals surface area contributed by atoms with Gasteiger partial charge in [-0.25, -0.2) is 9.59 Å². The Balaban J connectivity index is 0.000000920. The van der Waals surface area contributed by atoms with Crippen LogP contribution in [-0.4, -0.2) is 23.5 Å². The van der Waals surface area contributed by atoms with Gasteiger partial charge in [-0.2, -0.15) is 0 Å². The fourth-order valence-corrected chi connectivity index (χ4v) is 2.21. The standard InChI is InChI=1S/C22H18O5.C4H6O/c1-4-21(24)26-17-12-9-16(10-13-17)11-14-19(23)18-7-6-8-20(15(18)3)27-22(25)5-2;1-3-4(2)5/h4-14H,1-2H2,3H3;3H,1H2,2H3/b14-11+;. The van der Waals surface area contributed by atoms with Crippen molar-refractivity contribution in [3.63, 3.8) is 0 Å². The highest BCUT2D eigenvalue weighted by molar-refractivity contribution is 6.08. The zero-order valence-corrected chi connectivity index (χ0v) is 18.0. The largest absolute Gasteiger partial charge is 0.423 e. The zero-order chi connectivity index (χ0) is 24.1. The van der Waals surface area contributed by atoms with Crippen LogP contribution in [-0.2, 0) is 14.4 Å². The second-order valence-electron chi connectivity index (χ2n) is 6.26. The molecule has 2 aromatic rings. The maximum Gasteiger partial charge on any atom is 0.335 e. The van der Waals surface area contributed by atoms with Crippen LogP contribution in [0.15, 0.2) is 86.5 Å². The summed E-state index contributed by atoms with van der Waals surface area (Å²) >= 11 is 0. The molecule has 0 radical (unpaired) electrons. The summed E-state index contributed by atoms with van der Waals surface area (Å²) in [6.07, 6.45) is 6.48. The van der Waals surface area contributed by atoms with Crippen LogP contribution in [0, 0.1) is 6.92 Å². The van der Waals surface area contributed by atoms with Crippen molar-refractivity contribution in [3.05, 3.63) is 103 Å². The van der Waals surface area contributed by atoms with E-state index in [1.165, 1.54) is 19.1 Å². The summed E-state index contributed by atoms with van der Waals surface area (Å²) in [5, 5.41) is 0. The molecule has 2 aromatic carbocycles. The van der Waals surface area contributed by atoms with Crippen LogP contribution in [0.5, 0.6) is 11.5 Å². The third-order valence-corrected chi connectivity index (χ3v) is 3.91. The highest BCUT2D eigenvalue weighted by Crippen LogP contribution is 2.23. The summed E-state index contributed by atoms with van der Waals surface area (Å²) in [6.45, 7) is 13.1. The third-order valence-electron chi connectivity index (χ3n) is 3.91. The first-order valence-corrected chi connectivity index (χ1v) is 9.45. The topological polar surface area (TPSA) is 86.7 Å². The average molecular weight is 432 g/mol. The Labute approximate surface area is 187 Å². The number of benzene rings is 2. The Hall–Kier alpha value is -4.32. The maximum atomic E-state index is 12.5. The molecule has 6 nitrogen and oxygen atoms in total. The predicted molar refractivity (Wildman–Crippen MR) is 124 cm³/mol. The summed E-state index contributed by atoms with van der Waals surface area (Å²) < 4.78 is 10.1. The van der Waals surface area contributed by atoms with Gasteiger partial charge in [-0.05, 0) is 49.8 Å². The van der Waals surface area contributed by atoms with Crippen LogP contribution >= 0.6 is 0 Å². The molecular weight excluding hydrogens is 408 g/mol. The van der Waals surface area contributed by atoms with Gasteiger partial charge in [0.15, 0.2) is 11.6 Å². The first-order chi connectivity index (χ1) is 15.2. The molecule has 0 spiro atoms. The first kappa shape index (κ1) is 25.7. The van der Waals surface area contributed by atoms with Gasteiger partial charge in [0, 0.05) is 23.3 Å². The lowest BCUT2D eigenvalue weighted by atomic mass is 10.0. The Morgan fingerprint density at radius 3 is 1.91 bits per heavy atom. The molecule has 0 N–H and O–H groups in total. The van der Waals surface area contributed by atoms with Crippen LogP contribution in [0.2, 0.25) is 0 Å². The molecule has 0 aliphatic heterocycles. The Morgan fingerprint density at radius 1 is 0.812 bits per heavy atom. The van der Waals surface area contributed by atoms with Gasteiger partial charge in [0.2, 0.25) is 0 Å². The van der Waals surface area contributed by atoms with E-state index in [-0.39, 0.29) is 11.6 Å². The number of rotatable bonds is 8. The number of hydrogen-bond acceptors (Lipinski definition) is 6. The summed E-state index contributed by atoms with van der Waals surface area (Å²) in [7, 11) is 0. The molecule has 0 unspecified atom stereocenters. The van der Waals surface area contributed by atoms with E-state index in [0.29, 0.717) is 22.6 Å². The fraction of sp³-hybridized carbons (Fsp3) is 0.0769. The number of carbonyl (C=O) groups is 4. The molecule has 6 heteroatoms. The van der Waals surface area contributed by atoms with Gasteiger partial charge in [0.1, 0.15) is 11.5 Å². The van der Waals surface area contributed by atoms with Gasteiger partial charge in [-0.15, -0.1) is 0 Å². The lowest BCUT2D eigenvalue weighted by Gasteiger charge is -2.08. The number of carbonyl (C=O) groups excluding carboxylic acids is 4. The van der Waals surface area contributed by atoms with E-state index in [1.54, 1.807) is 55.5 Å². The molecule has 164 valence electrons. The van der Waals surface area contributed by atoms with E-state index in [9.17, 15) is 19.2 Å². The highest BCUT2D eigenvalue weighted by atomic mass is 16.5. The Kier molecular flexibility index (Phi) is 10.5. The lowest BCUT2D eigenvalue weighted by Crippen LogP contribution is -2.07. The van der Waals surface area contributed by atoms with Crippen molar-refractivity contribution in [1.29, 1.82) is 0 Å². The van der Waals surface area contributed by atoms with E-state index in [1.807, 2.05) is 0 Å². The van der Waals surface area contributed by atoms with Gasteiger partial charge in [0.05, 0.1) is 0 Å². The van der Waals surface area contributed by atoms with Crippen molar-refractivity contribution in [1.82, 2.24) is 0 Å². The molecule has 0 aromatic heterocycles. The van der Waals surface area contributed by atoms with Gasteiger partial charge >= 0.3 is 11.9 Å².